The van der Waals surface area contributed by atoms with Crippen LogP contribution in [0.25, 0.3) is 0 Å². The van der Waals surface area contributed by atoms with Gasteiger partial charge in [-0.25, -0.2) is 0 Å². The van der Waals surface area contributed by atoms with Gasteiger partial charge >= 0.3 is 0 Å². The molecule has 0 atom stereocenters. The molecule has 0 amide bonds. The van der Waals surface area contributed by atoms with Gasteiger partial charge in [-0.05, 0) is 25.5 Å². The molecule has 0 bridgehead atoms. The Morgan fingerprint density at radius 1 is 0.938 bits per heavy atom. The monoisotopic (exact) mass is 221 g/mol. The fourth-order valence-electron chi connectivity index (χ4n) is 2.17. The lowest BCUT2D eigenvalue weighted by molar-refractivity contribution is 0.541. The summed E-state index contributed by atoms with van der Waals surface area (Å²) < 4.78 is 2.36. The third-order valence-electron chi connectivity index (χ3n) is 3.31. The zero-order valence-electron chi connectivity index (χ0n) is 11.0. The summed E-state index contributed by atoms with van der Waals surface area (Å²) in [6.07, 6.45) is 13.4. The van der Waals surface area contributed by atoms with Crippen molar-refractivity contribution in [3.8, 4) is 0 Å². The van der Waals surface area contributed by atoms with Crippen LogP contribution in [0.1, 0.15) is 64.0 Å². The van der Waals surface area contributed by atoms with E-state index in [2.05, 4.69) is 36.7 Å². The molecule has 0 unspecified atom stereocenters. The van der Waals surface area contributed by atoms with E-state index < -0.39 is 0 Å². The molecule has 1 rings (SSSR count). The smallest absolute Gasteiger partial charge is 0.0222 e. The van der Waals surface area contributed by atoms with Crippen molar-refractivity contribution in [1.82, 2.24) is 4.57 Å². The summed E-state index contributed by atoms with van der Waals surface area (Å²) in [4.78, 5) is 0. The van der Waals surface area contributed by atoms with Crippen molar-refractivity contribution in [3.05, 3.63) is 24.0 Å². The molecule has 0 saturated heterocycles. The van der Waals surface area contributed by atoms with Gasteiger partial charge in [-0.2, -0.15) is 0 Å². The molecule has 0 aliphatic heterocycles. The van der Waals surface area contributed by atoms with Gasteiger partial charge in [0, 0.05) is 18.4 Å². The van der Waals surface area contributed by atoms with Gasteiger partial charge in [-0.1, -0.05) is 51.9 Å². The second-order valence-electron chi connectivity index (χ2n) is 4.82. The molecule has 1 aromatic rings. The van der Waals surface area contributed by atoms with Gasteiger partial charge in [0.1, 0.15) is 0 Å². The number of aryl methyl sites for hydroxylation is 2. The summed E-state index contributed by atoms with van der Waals surface area (Å²) in [5.41, 5.74) is 1.39. The van der Waals surface area contributed by atoms with Gasteiger partial charge in [-0.15, -0.1) is 0 Å². The van der Waals surface area contributed by atoms with E-state index in [-0.39, 0.29) is 0 Å². The van der Waals surface area contributed by atoms with Crippen molar-refractivity contribution < 1.29 is 0 Å². The predicted octanol–water partition coefficient (Wildman–Crippen LogP) is 4.94. The summed E-state index contributed by atoms with van der Waals surface area (Å²) in [5, 5.41) is 0. The maximum Gasteiger partial charge on any atom is 0.0222 e. The molecule has 1 heteroatoms. The van der Waals surface area contributed by atoms with Crippen molar-refractivity contribution in [2.45, 2.75) is 71.8 Å². The highest BCUT2D eigenvalue weighted by atomic mass is 14.9. The minimum absolute atomic E-state index is 1.20. The molecule has 0 fully saturated rings. The van der Waals surface area contributed by atoms with Gasteiger partial charge in [0.2, 0.25) is 0 Å². The van der Waals surface area contributed by atoms with Crippen LogP contribution in [-0.4, -0.2) is 4.57 Å². The minimum atomic E-state index is 1.20. The van der Waals surface area contributed by atoms with Crippen LogP contribution in [0.3, 0.4) is 0 Å². The van der Waals surface area contributed by atoms with Crippen molar-refractivity contribution in [1.29, 1.82) is 0 Å². The average molecular weight is 221 g/mol. The SMILES string of the molecule is CCCCCCCCCCn1cccc1C. The second kappa shape index (κ2) is 8.43. The first-order valence-electron chi connectivity index (χ1n) is 6.96. The highest BCUT2D eigenvalue weighted by molar-refractivity contribution is 5.03. The lowest BCUT2D eigenvalue weighted by Crippen LogP contribution is -1.97. The van der Waals surface area contributed by atoms with Crippen molar-refractivity contribution in [3.63, 3.8) is 0 Å². The molecule has 0 spiro atoms. The zero-order valence-corrected chi connectivity index (χ0v) is 11.0. The van der Waals surface area contributed by atoms with Gasteiger partial charge in [0.15, 0.2) is 0 Å². The number of hydrogen-bond acceptors (Lipinski definition) is 0. The van der Waals surface area contributed by atoms with E-state index >= 15 is 0 Å². The minimum Gasteiger partial charge on any atom is -0.352 e. The van der Waals surface area contributed by atoms with Gasteiger partial charge in [-0.3, -0.25) is 0 Å². The summed E-state index contributed by atoms with van der Waals surface area (Å²) in [7, 11) is 0. The molecular formula is C15H27N. The number of nitrogens with zero attached hydrogens (tertiary/aromatic N) is 1. The zero-order chi connectivity index (χ0) is 11.6. The third kappa shape index (κ3) is 5.39. The van der Waals surface area contributed by atoms with Crippen LogP contribution in [-0.2, 0) is 6.54 Å². The van der Waals surface area contributed by atoms with E-state index in [1.54, 1.807) is 0 Å². The number of unbranched alkanes of at least 4 members (excludes halogenated alkanes) is 7. The molecule has 1 nitrogen and oxygen atoms in total. The molecule has 1 aromatic heterocycles. The van der Waals surface area contributed by atoms with Gasteiger partial charge in [0.05, 0.1) is 0 Å². The van der Waals surface area contributed by atoms with E-state index in [1.807, 2.05) is 0 Å². The van der Waals surface area contributed by atoms with Crippen LogP contribution < -0.4 is 0 Å². The fourth-order valence-corrected chi connectivity index (χ4v) is 2.17. The van der Waals surface area contributed by atoms with E-state index in [0.717, 1.165) is 0 Å². The summed E-state index contributed by atoms with van der Waals surface area (Å²) in [6, 6.07) is 4.32. The van der Waals surface area contributed by atoms with E-state index in [4.69, 9.17) is 0 Å². The molecule has 92 valence electrons. The highest BCUT2D eigenvalue weighted by Gasteiger charge is 1.95. The summed E-state index contributed by atoms with van der Waals surface area (Å²) in [6.45, 7) is 5.66. The fraction of sp³-hybridized carbons (Fsp3) is 0.733. The Bertz CT molecular complexity index is 262. The average Bonchev–Trinajstić information content (AvgIpc) is 2.68. The highest BCUT2D eigenvalue weighted by Crippen LogP contribution is 2.10. The van der Waals surface area contributed by atoms with Crippen LogP contribution >= 0.6 is 0 Å². The van der Waals surface area contributed by atoms with E-state index in [1.165, 1.54) is 63.6 Å². The Morgan fingerprint density at radius 2 is 1.56 bits per heavy atom. The summed E-state index contributed by atoms with van der Waals surface area (Å²) in [5.74, 6) is 0. The lowest BCUT2D eigenvalue weighted by atomic mass is 10.1. The Labute approximate surface area is 101 Å². The van der Waals surface area contributed by atoms with Gasteiger partial charge in [0.25, 0.3) is 0 Å². The topological polar surface area (TPSA) is 4.93 Å². The Kier molecular flexibility index (Phi) is 7.03. The van der Waals surface area contributed by atoms with Crippen molar-refractivity contribution in [2.24, 2.45) is 0 Å². The Hall–Kier alpha value is -0.720. The first kappa shape index (κ1) is 13.3. The lowest BCUT2D eigenvalue weighted by Gasteiger charge is -2.05. The molecule has 1 heterocycles. The normalized spacial score (nSPS) is 10.9. The largest absolute Gasteiger partial charge is 0.352 e. The molecule has 0 N–H and O–H groups in total. The number of hydrogen-bond donors (Lipinski definition) is 0. The Balaban J connectivity index is 1.91. The molecule has 16 heavy (non-hydrogen) atoms. The van der Waals surface area contributed by atoms with E-state index in [0.29, 0.717) is 0 Å². The Morgan fingerprint density at radius 3 is 2.12 bits per heavy atom. The van der Waals surface area contributed by atoms with Crippen LogP contribution in [0.2, 0.25) is 0 Å². The standard InChI is InChI=1S/C15H27N/c1-3-4-5-6-7-8-9-10-13-16-14-11-12-15(16)2/h11-12,14H,3-10,13H2,1-2H3. The molecule has 0 radical (unpaired) electrons. The molecular weight excluding hydrogens is 194 g/mol. The van der Waals surface area contributed by atoms with E-state index in [9.17, 15) is 0 Å². The summed E-state index contributed by atoms with van der Waals surface area (Å²) >= 11 is 0. The molecule has 0 aliphatic rings. The second-order valence-corrected chi connectivity index (χ2v) is 4.82. The number of aromatic nitrogens is 1. The molecule has 0 saturated carbocycles. The quantitative estimate of drug-likeness (QED) is 0.521. The molecule has 0 aromatic carbocycles. The van der Waals surface area contributed by atoms with Crippen molar-refractivity contribution >= 4 is 0 Å². The predicted molar refractivity (Wildman–Crippen MR) is 71.8 cm³/mol. The van der Waals surface area contributed by atoms with Crippen LogP contribution in [0.15, 0.2) is 18.3 Å². The molecule has 0 aliphatic carbocycles. The van der Waals surface area contributed by atoms with Crippen LogP contribution in [0, 0.1) is 6.92 Å². The van der Waals surface area contributed by atoms with Gasteiger partial charge < -0.3 is 4.57 Å². The van der Waals surface area contributed by atoms with Crippen molar-refractivity contribution in [2.75, 3.05) is 0 Å². The van der Waals surface area contributed by atoms with Crippen LogP contribution in [0.5, 0.6) is 0 Å². The first-order chi connectivity index (χ1) is 7.84. The van der Waals surface area contributed by atoms with Crippen LogP contribution in [0.4, 0.5) is 0 Å². The third-order valence-corrected chi connectivity index (χ3v) is 3.31. The maximum absolute atomic E-state index is 2.36. The maximum atomic E-state index is 2.36. The first-order valence-corrected chi connectivity index (χ1v) is 6.96. The number of rotatable bonds is 9.